The zero-order valence-electron chi connectivity index (χ0n) is 10.7. The highest BCUT2D eigenvalue weighted by Crippen LogP contribution is 2.25. The molecular formula is C17H18. The first-order valence-electron chi connectivity index (χ1n) is 6.23. The van der Waals surface area contributed by atoms with E-state index >= 15 is 0 Å². The fraction of sp³-hybridized carbons (Fsp3) is 0.176. The van der Waals surface area contributed by atoms with Crippen LogP contribution in [0.4, 0.5) is 0 Å². The second kappa shape index (κ2) is 5.01. The van der Waals surface area contributed by atoms with Gasteiger partial charge in [0.15, 0.2) is 0 Å². The Bertz CT molecular complexity index is 636. The van der Waals surface area contributed by atoms with Gasteiger partial charge in [0.1, 0.15) is 0 Å². The number of rotatable bonds is 0. The van der Waals surface area contributed by atoms with E-state index in [-0.39, 0.29) is 0 Å². The van der Waals surface area contributed by atoms with Crippen LogP contribution in [-0.2, 0) is 0 Å². The first-order valence-corrected chi connectivity index (χ1v) is 6.23. The molecule has 0 aliphatic heterocycles. The SMILES string of the molecule is CC.Cc1ccc2c(ccc3ccccc32)c1. The van der Waals surface area contributed by atoms with Crippen LogP contribution in [0.5, 0.6) is 0 Å². The van der Waals surface area contributed by atoms with E-state index in [1.54, 1.807) is 0 Å². The summed E-state index contributed by atoms with van der Waals surface area (Å²) in [5.41, 5.74) is 1.32. The molecule has 0 aliphatic rings. The van der Waals surface area contributed by atoms with Crippen LogP contribution < -0.4 is 0 Å². The molecule has 0 atom stereocenters. The molecule has 0 bridgehead atoms. The number of hydrogen-bond donors (Lipinski definition) is 0. The quantitative estimate of drug-likeness (QED) is 0.451. The largest absolute Gasteiger partial charge is 0.0683 e. The van der Waals surface area contributed by atoms with Crippen LogP contribution in [0.3, 0.4) is 0 Å². The lowest BCUT2D eigenvalue weighted by atomic mass is 10.0. The maximum absolute atomic E-state index is 2.24. The monoisotopic (exact) mass is 222 g/mol. The highest BCUT2D eigenvalue weighted by atomic mass is 14.0. The molecule has 0 nitrogen and oxygen atoms in total. The van der Waals surface area contributed by atoms with Gasteiger partial charge in [-0.05, 0) is 28.5 Å². The molecule has 0 amide bonds. The molecule has 0 radical (unpaired) electrons. The second-order valence-electron chi connectivity index (χ2n) is 4.01. The van der Waals surface area contributed by atoms with Crippen molar-refractivity contribution in [3.05, 3.63) is 60.2 Å². The van der Waals surface area contributed by atoms with Gasteiger partial charge in [-0.1, -0.05) is 74.0 Å². The fourth-order valence-corrected chi connectivity index (χ4v) is 2.13. The lowest BCUT2D eigenvalue weighted by Crippen LogP contribution is -1.78. The van der Waals surface area contributed by atoms with Crippen molar-refractivity contribution in [1.29, 1.82) is 0 Å². The first kappa shape index (κ1) is 11.7. The van der Waals surface area contributed by atoms with E-state index in [1.807, 2.05) is 13.8 Å². The third-order valence-corrected chi connectivity index (χ3v) is 2.90. The average Bonchev–Trinajstić information content (AvgIpc) is 2.40. The first-order chi connectivity index (χ1) is 8.34. The maximum Gasteiger partial charge on any atom is -0.0105 e. The van der Waals surface area contributed by atoms with Crippen molar-refractivity contribution < 1.29 is 0 Å². The minimum absolute atomic E-state index is 1.31. The van der Waals surface area contributed by atoms with Gasteiger partial charge in [-0.15, -0.1) is 0 Å². The average molecular weight is 222 g/mol. The van der Waals surface area contributed by atoms with Crippen LogP contribution in [0.25, 0.3) is 21.5 Å². The van der Waals surface area contributed by atoms with Crippen molar-refractivity contribution in [2.75, 3.05) is 0 Å². The number of benzene rings is 3. The Balaban J connectivity index is 0.000000514. The summed E-state index contributed by atoms with van der Waals surface area (Å²) in [5, 5.41) is 5.33. The highest BCUT2D eigenvalue weighted by Gasteiger charge is 1.98. The molecule has 0 aromatic heterocycles. The molecule has 3 aromatic rings. The molecule has 0 heteroatoms. The van der Waals surface area contributed by atoms with E-state index in [9.17, 15) is 0 Å². The summed E-state index contributed by atoms with van der Waals surface area (Å²) in [5.74, 6) is 0. The molecule has 86 valence electrons. The molecule has 0 saturated heterocycles. The Morgan fingerprint density at radius 1 is 0.647 bits per heavy atom. The fourth-order valence-electron chi connectivity index (χ4n) is 2.13. The van der Waals surface area contributed by atoms with Gasteiger partial charge in [-0.25, -0.2) is 0 Å². The predicted octanol–water partition coefficient (Wildman–Crippen LogP) is 5.33. The molecule has 0 spiro atoms. The van der Waals surface area contributed by atoms with E-state index in [0.29, 0.717) is 0 Å². The minimum atomic E-state index is 1.31. The Labute approximate surface area is 103 Å². The Morgan fingerprint density at radius 2 is 1.29 bits per heavy atom. The van der Waals surface area contributed by atoms with Gasteiger partial charge >= 0.3 is 0 Å². The van der Waals surface area contributed by atoms with Crippen molar-refractivity contribution in [2.24, 2.45) is 0 Å². The van der Waals surface area contributed by atoms with Crippen molar-refractivity contribution in [3.8, 4) is 0 Å². The molecule has 0 heterocycles. The molecule has 0 aliphatic carbocycles. The molecule has 0 N–H and O–H groups in total. The Kier molecular flexibility index (Phi) is 3.43. The van der Waals surface area contributed by atoms with Crippen LogP contribution in [-0.4, -0.2) is 0 Å². The molecule has 17 heavy (non-hydrogen) atoms. The Hall–Kier alpha value is -1.82. The number of fused-ring (bicyclic) bond motifs is 3. The summed E-state index contributed by atoms with van der Waals surface area (Å²) >= 11 is 0. The topological polar surface area (TPSA) is 0 Å². The molecular weight excluding hydrogens is 204 g/mol. The van der Waals surface area contributed by atoms with Crippen molar-refractivity contribution in [1.82, 2.24) is 0 Å². The third kappa shape index (κ3) is 2.16. The van der Waals surface area contributed by atoms with Gasteiger partial charge in [0.25, 0.3) is 0 Å². The summed E-state index contributed by atoms with van der Waals surface area (Å²) in [6.07, 6.45) is 0. The van der Waals surface area contributed by atoms with Gasteiger partial charge in [-0.2, -0.15) is 0 Å². The van der Waals surface area contributed by atoms with E-state index in [2.05, 4.69) is 61.5 Å². The molecule has 3 rings (SSSR count). The van der Waals surface area contributed by atoms with Crippen LogP contribution in [0.1, 0.15) is 19.4 Å². The summed E-state index contributed by atoms with van der Waals surface area (Å²) < 4.78 is 0. The number of hydrogen-bond acceptors (Lipinski definition) is 0. The van der Waals surface area contributed by atoms with E-state index in [1.165, 1.54) is 27.1 Å². The highest BCUT2D eigenvalue weighted by molar-refractivity contribution is 6.07. The zero-order valence-corrected chi connectivity index (χ0v) is 10.7. The van der Waals surface area contributed by atoms with E-state index < -0.39 is 0 Å². The van der Waals surface area contributed by atoms with Crippen LogP contribution in [0.15, 0.2) is 54.6 Å². The maximum atomic E-state index is 2.24. The predicted molar refractivity (Wildman–Crippen MR) is 77.5 cm³/mol. The van der Waals surface area contributed by atoms with Gasteiger partial charge < -0.3 is 0 Å². The van der Waals surface area contributed by atoms with Crippen LogP contribution in [0, 0.1) is 6.92 Å². The van der Waals surface area contributed by atoms with E-state index in [4.69, 9.17) is 0 Å². The van der Waals surface area contributed by atoms with Crippen molar-refractivity contribution in [2.45, 2.75) is 20.8 Å². The summed E-state index contributed by atoms with van der Waals surface area (Å²) in [7, 11) is 0. The standard InChI is InChI=1S/C15H12.C2H6/c1-11-6-9-15-13(10-11)8-7-12-4-2-3-5-14(12)15;1-2/h2-10H,1H3;1-2H3. The number of aryl methyl sites for hydroxylation is 1. The van der Waals surface area contributed by atoms with Gasteiger partial charge in [0.05, 0.1) is 0 Å². The third-order valence-electron chi connectivity index (χ3n) is 2.90. The zero-order chi connectivity index (χ0) is 12.3. The van der Waals surface area contributed by atoms with Crippen molar-refractivity contribution in [3.63, 3.8) is 0 Å². The van der Waals surface area contributed by atoms with E-state index in [0.717, 1.165) is 0 Å². The lowest BCUT2D eigenvalue weighted by Gasteiger charge is -2.04. The molecule has 0 fully saturated rings. The van der Waals surface area contributed by atoms with Crippen molar-refractivity contribution >= 4 is 21.5 Å². The molecule has 0 saturated carbocycles. The van der Waals surface area contributed by atoms with Gasteiger partial charge in [0, 0.05) is 0 Å². The second-order valence-corrected chi connectivity index (χ2v) is 4.01. The lowest BCUT2D eigenvalue weighted by molar-refractivity contribution is 1.50. The van der Waals surface area contributed by atoms with Crippen LogP contribution >= 0.6 is 0 Å². The Morgan fingerprint density at radius 3 is 2.12 bits per heavy atom. The van der Waals surface area contributed by atoms with Gasteiger partial charge in [-0.3, -0.25) is 0 Å². The summed E-state index contributed by atoms with van der Waals surface area (Å²) in [4.78, 5) is 0. The molecule has 0 unspecified atom stereocenters. The van der Waals surface area contributed by atoms with Crippen LogP contribution in [0.2, 0.25) is 0 Å². The summed E-state index contributed by atoms with van der Waals surface area (Å²) in [6.45, 7) is 6.13. The molecule has 3 aromatic carbocycles. The minimum Gasteiger partial charge on any atom is -0.0683 e. The van der Waals surface area contributed by atoms with Gasteiger partial charge in [0.2, 0.25) is 0 Å². The summed E-state index contributed by atoms with van der Waals surface area (Å²) in [6, 6.07) is 19.6. The normalized spacial score (nSPS) is 10.1. The smallest absolute Gasteiger partial charge is 0.0105 e.